The second-order valence-corrected chi connectivity index (χ2v) is 4.53. The predicted octanol–water partition coefficient (Wildman–Crippen LogP) is 0.489. The van der Waals surface area contributed by atoms with E-state index in [0.717, 1.165) is 11.8 Å². The molecule has 100 valence electrons. The molecule has 0 aliphatic heterocycles. The van der Waals surface area contributed by atoms with Crippen LogP contribution < -0.4 is 14.6 Å². The number of carbonyl (C=O) groups excluding carboxylic acids is 1. The maximum Gasteiger partial charge on any atom is 0.162 e. The van der Waals surface area contributed by atoms with Gasteiger partial charge in [0, 0.05) is 17.2 Å². The molecule has 2 aromatic rings. The van der Waals surface area contributed by atoms with Crippen molar-refractivity contribution in [2.24, 2.45) is 0 Å². The Morgan fingerprint density at radius 2 is 1.95 bits per heavy atom. The van der Waals surface area contributed by atoms with Crippen molar-refractivity contribution in [3.63, 3.8) is 0 Å². The summed E-state index contributed by atoms with van der Waals surface area (Å²) in [4.78, 5) is 18.7. The number of ether oxygens (including phenoxy) is 2. The monoisotopic (exact) mass is 279 g/mol. The van der Waals surface area contributed by atoms with E-state index in [2.05, 4.69) is 9.97 Å². The molecule has 7 heteroatoms. The summed E-state index contributed by atoms with van der Waals surface area (Å²) in [6, 6.07) is 3.45. The summed E-state index contributed by atoms with van der Waals surface area (Å²) in [5, 5.41) is 11.8. The zero-order chi connectivity index (χ0) is 13.8. The highest BCUT2D eigenvalue weighted by Gasteiger charge is 2.11. The molecule has 2 rings (SSSR count). The normalized spacial score (nSPS) is 10.4. The lowest BCUT2D eigenvalue weighted by atomic mass is 10.2. The lowest BCUT2D eigenvalue weighted by molar-refractivity contribution is -0.301. The molecule has 0 fully saturated rings. The van der Waals surface area contributed by atoms with Crippen molar-refractivity contribution in [1.82, 2.24) is 9.97 Å². The van der Waals surface area contributed by atoms with E-state index in [1.165, 1.54) is 20.5 Å². The van der Waals surface area contributed by atoms with Crippen LogP contribution in [0, 0.1) is 0 Å². The molecule has 0 atom stereocenters. The third-order valence-corrected chi connectivity index (χ3v) is 3.41. The van der Waals surface area contributed by atoms with E-state index >= 15 is 0 Å². The predicted molar refractivity (Wildman–Crippen MR) is 68.4 cm³/mol. The summed E-state index contributed by atoms with van der Waals surface area (Å²) in [5.41, 5.74) is 0.661. The number of thioether (sulfide) groups is 1. The van der Waals surface area contributed by atoms with Crippen LogP contribution in [-0.4, -0.2) is 35.9 Å². The van der Waals surface area contributed by atoms with Crippen LogP contribution in [0.4, 0.5) is 0 Å². The van der Waals surface area contributed by atoms with Gasteiger partial charge in [0.25, 0.3) is 0 Å². The molecule has 6 nitrogen and oxygen atoms in total. The van der Waals surface area contributed by atoms with Gasteiger partial charge in [0.1, 0.15) is 11.4 Å². The van der Waals surface area contributed by atoms with Crippen molar-refractivity contribution >= 4 is 28.6 Å². The van der Waals surface area contributed by atoms with Gasteiger partial charge in [0.2, 0.25) is 0 Å². The topological polar surface area (TPSA) is 84.4 Å². The molecule has 1 heterocycles. The van der Waals surface area contributed by atoms with Crippen LogP contribution in [0.25, 0.3) is 10.9 Å². The minimum atomic E-state index is -1.14. The van der Waals surface area contributed by atoms with E-state index in [9.17, 15) is 9.90 Å². The Labute approximate surface area is 113 Å². The number of benzene rings is 1. The van der Waals surface area contributed by atoms with Gasteiger partial charge in [-0.15, -0.1) is 0 Å². The first-order valence-electron chi connectivity index (χ1n) is 5.35. The lowest BCUT2D eigenvalue weighted by Gasteiger charge is -2.10. The van der Waals surface area contributed by atoms with Crippen LogP contribution in [0.15, 0.2) is 23.5 Å². The van der Waals surface area contributed by atoms with Crippen molar-refractivity contribution < 1.29 is 19.4 Å². The van der Waals surface area contributed by atoms with Crippen LogP contribution in [0.2, 0.25) is 0 Å². The molecule has 0 saturated heterocycles. The fourth-order valence-electron chi connectivity index (χ4n) is 1.60. The summed E-state index contributed by atoms with van der Waals surface area (Å²) < 4.78 is 10.4. The van der Waals surface area contributed by atoms with Crippen LogP contribution in [0.3, 0.4) is 0 Å². The molecule has 0 unspecified atom stereocenters. The second kappa shape index (κ2) is 5.75. The number of nitrogens with zero attached hydrogens (tertiary/aromatic N) is 2. The van der Waals surface area contributed by atoms with Crippen LogP contribution in [0.1, 0.15) is 0 Å². The van der Waals surface area contributed by atoms with E-state index in [1.54, 1.807) is 12.1 Å². The number of rotatable bonds is 5. The van der Waals surface area contributed by atoms with Crippen LogP contribution >= 0.6 is 11.8 Å². The van der Waals surface area contributed by atoms with Gasteiger partial charge in [0.15, 0.2) is 11.5 Å². The number of hydrogen-bond donors (Lipinski definition) is 0. The molecule has 0 amide bonds. The number of methoxy groups -OCH3 is 2. The molecule has 19 heavy (non-hydrogen) atoms. The zero-order valence-corrected chi connectivity index (χ0v) is 11.2. The van der Waals surface area contributed by atoms with Crippen molar-refractivity contribution in [2.75, 3.05) is 20.0 Å². The highest BCUT2D eigenvalue weighted by atomic mass is 32.2. The Hall–Kier alpha value is -2.02. The average molecular weight is 279 g/mol. The van der Waals surface area contributed by atoms with Gasteiger partial charge in [-0.05, 0) is 6.07 Å². The first-order chi connectivity index (χ1) is 9.15. The third-order valence-electron chi connectivity index (χ3n) is 2.43. The van der Waals surface area contributed by atoms with Crippen LogP contribution in [-0.2, 0) is 4.79 Å². The van der Waals surface area contributed by atoms with Crippen LogP contribution in [0.5, 0.6) is 11.5 Å². The summed E-state index contributed by atoms with van der Waals surface area (Å²) in [7, 11) is 3.07. The molecular weight excluding hydrogens is 268 g/mol. The molecule has 1 aromatic heterocycles. The largest absolute Gasteiger partial charge is 0.549 e. The summed E-state index contributed by atoms with van der Waals surface area (Å²) in [5.74, 6) is -0.206. The Bertz CT molecular complexity index is 618. The quantitative estimate of drug-likeness (QED) is 0.581. The van der Waals surface area contributed by atoms with E-state index in [-0.39, 0.29) is 5.75 Å². The summed E-state index contributed by atoms with van der Waals surface area (Å²) in [6.07, 6.45) is 1.38. The Kier molecular flexibility index (Phi) is 4.06. The number of carboxylic acids is 1. The number of carboxylic acid groups (broad SMARTS) is 1. The third kappa shape index (κ3) is 2.87. The summed E-state index contributed by atoms with van der Waals surface area (Å²) >= 11 is 1.08. The number of carbonyl (C=O) groups is 1. The molecule has 0 bridgehead atoms. The van der Waals surface area contributed by atoms with Gasteiger partial charge in [0.05, 0.1) is 25.7 Å². The second-order valence-electron chi connectivity index (χ2n) is 3.56. The van der Waals surface area contributed by atoms with E-state index in [4.69, 9.17) is 9.47 Å². The van der Waals surface area contributed by atoms with Crippen molar-refractivity contribution in [3.05, 3.63) is 18.5 Å². The minimum absolute atomic E-state index is 0.166. The van der Waals surface area contributed by atoms with Gasteiger partial charge in [-0.25, -0.2) is 9.97 Å². The molecule has 0 saturated carbocycles. The standard InChI is InChI=1S/C12H12N2O4S/c1-17-9-3-7-8(4-10(9)18-2)13-6-14-12(7)19-5-11(15)16/h3-4,6H,5H2,1-2H3,(H,15,16)/p-1. The first-order valence-corrected chi connectivity index (χ1v) is 6.33. The summed E-state index contributed by atoms with van der Waals surface area (Å²) in [6.45, 7) is 0. The van der Waals surface area contributed by atoms with Gasteiger partial charge in [-0.3, -0.25) is 0 Å². The highest BCUT2D eigenvalue weighted by molar-refractivity contribution is 8.00. The van der Waals surface area contributed by atoms with Gasteiger partial charge in [-0.2, -0.15) is 0 Å². The molecule has 0 aliphatic carbocycles. The van der Waals surface area contributed by atoms with Gasteiger partial charge < -0.3 is 19.4 Å². The van der Waals surface area contributed by atoms with E-state index < -0.39 is 5.97 Å². The van der Waals surface area contributed by atoms with Gasteiger partial charge >= 0.3 is 0 Å². The number of aromatic nitrogens is 2. The maximum atomic E-state index is 10.5. The molecular formula is C12H11N2O4S-. The molecule has 0 radical (unpaired) electrons. The molecule has 0 aliphatic rings. The van der Waals surface area contributed by atoms with E-state index in [1.807, 2.05) is 0 Å². The fourth-order valence-corrected chi connectivity index (χ4v) is 2.30. The fraction of sp³-hybridized carbons (Fsp3) is 0.250. The lowest BCUT2D eigenvalue weighted by Crippen LogP contribution is -2.24. The molecule has 0 spiro atoms. The number of aliphatic carboxylic acids is 1. The Balaban J connectivity index is 2.51. The van der Waals surface area contributed by atoms with Crippen molar-refractivity contribution in [1.29, 1.82) is 0 Å². The molecule has 1 aromatic carbocycles. The maximum absolute atomic E-state index is 10.5. The SMILES string of the molecule is COc1cc2ncnc(SCC(=O)[O-])c2cc1OC. The number of hydrogen-bond acceptors (Lipinski definition) is 7. The van der Waals surface area contributed by atoms with E-state index in [0.29, 0.717) is 27.4 Å². The van der Waals surface area contributed by atoms with Crippen molar-refractivity contribution in [3.8, 4) is 11.5 Å². The highest BCUT2D eigenvalue weighted by Crippen LogP contribution is 2.34. The first kappa shape index (κ1) is 13.4. The minimum Gasteiger partial charge on any atom is -0.549 e. The smallest absolute Gasteiger partial charge is 0.162 e. The zero-order valence-electron chi connectivity index (χ0n) is 10.4. The average Bonchev–Trinajstić information content (AvgIpc) is 2.43. The number of fused-ring (bicyclic) bond motifs is 1. The van der Waals surface area contributed by atoms with Gasteiger partial charge in [-0.1, -0.05) is 11.8 Å². The molecule has 0 N–H and O–H groups in total. The Morgan fingerprint density at radius 1 is 1.26 bits per heavy atom. The van der Waals surface area contributed by atoms with Crippen molar-refractivity contribution in [2.45, 2.75) is 5.03 Å². The Morgan fingerprint density at radius 3 is 2.58 bits per heavy atom.